The third-order valence-corrected chi connectivity index (χ3v) is 4.10. The van der Waals surface area contributed by atoms with Gasteiger partial charge >= 0.3 is 5.97 Å². The van der Waals surface area contributed by atoms with Crippen LogP contribution >= 0.6 is 11.3 Å². The molecule has 0 amide bonds. The molecule has 0 spiro atoms. The maximum Gasteiger partial charge on any atom is 0.347 e. The van der Waals surface area contributed by atoms with Crippen molar-refractivity contribution in [3.63, 3.8) is 0 Å². The molecular weight excluding hydrogens is 270 g/mol. The first-order chi connectivity index (χ1) is 9.45. The summed E-state index contributed by atoms with van der Waals surface area (Å²) in [5, 5.41) is 10.1. The molecule has 1 N–H and O–H groups in total. The van der Waals surface area contributed by atoms with Gasteiger partial charge in [-0.2, -0.15) is 0 Å². The quantitative estimate of drug-likeness (QED) is 0.907. The van der Waals surface area contributed by atoms with E-state index in [0.29, 0.717) is 23.6 Å². The lowest BCUT2D eigenvalue weighted by atomic mass is 10.1. The van der Waals surface area contributed by atoms with Gasteiger partial charge in [0.05, 0.1) is 10.7 Å². The second-order valence-corrected chi connectivity index (χ2v) is 6.53. The van der Waals surface area contributed by atoms with Crippen molar-refractivity contribution in [2.24, 2.45) is 5.92 Å². The molecule has 0 atom stereocenters. The van der Waals surface area contributed by atoms with Crippen LogP contribution in [-0.4, -0.2) is 16.1 Å². The number of thiazole rings is 1. The van der Waals surface area contributed by atoms with Crippen molar-refractivity contribution in [3.05, 3.63) is 51.0 Å². The average molecular weight is 289 g/mol. The molecule has 1 aromatic carbocycles. The maximum absolute atomic E-state index is 11.3. The Bertz CT molecular complexity index is 599. The highest BCUT2D eigenvalue weighted by Gasteiger charge is 2.18. The highest BCUT2D eigenvalue weighted by Crippen LogP contribution is 2.23. The zero-order valence-electron chi connectivity index (χ0n) is 12.0. The molecule has 4 heteroatoms. The smallest absolute Gasteiger partial charge is 0.347 e. The molecule has 0 bridgehead atoms. The predicted molar refractivity (Wildman–Crippen MR) is 81.6 cm³/mol. The van der Waals surface area contributed by atoms with E-state index in [4.69, 9.17) is 0 Å². The van der Waals surface area contributed by atoms with E-state index in [9.17, 15) is 9.90 Å². The van der Waals surface area contributed by atoms with Crippen LogP contribution in [0.5, 0.6) is 0 Å². The first kappa shape index (κ1) is 14.7. The SMILES string of the molecule is Cc1ccc(Cc2nc(CC(C)C)c(C(=O)O)s2)cc1. The van der Waals surface area contributed by atoms with Crippen LogP contribution in [0, 0.1) is 12.8 Å². The predicted octanol–water partition coefficient (Wildman–Crippen LogP) is 3.94. The maximum atomic E-state index is 11.3. The van der Waals surface area contributed by atoms with Gasteiger partial charge < -0.3 is 5.11 Å². The number of benzene rings is 1. The molecule has 0 aliphatic carbocycles. The molecule has 0 radical (unpaired) electrons. The second-order valence-electron chi connectivity index (χ2n) is 5.45. The number of aryl methyl sites for hydroxylation is 1. The van der Waals surface area contributed by atoms with Gasteiger partial charge in [-0.15, -0.1) is 11.3 Å². The summed E-state index contributed by atoms with van der Waals surface area (Å²) in [5.41, 5.74) is 3.11. The monoisotopic (exact) mass is 289 g/mol. The number of aromatic carboxylic acids is 1. The number of hydrogen-bond donors (Lipinski definition) is 1. The fraction of sp³-hybridized carbons (Fsp3) is 0.375. The summed E-state index contributed by atoms with van der Waals surface area (Å²) < 4.78 is 0. The molecule has 2 rings (SSSR count). The Morgan fingerprint density at radius 2 is 1.95 bits per heavy atom. The number of aromatic nitrogens is 1. The summed E-state index contributed by atoms with van der Waals surface area (Å²) in [7, 11) is 0. The molecule has 106 valence electrons. The number of carboxylic acids is 1. The Balaban J connectivity index is 2.24. The Morgan fingerprint density at radius 1 is 1.30 bits per heavy atom. The Morgan fingerprint density at radius 3 is 2.50 bits per heavy atom. The fourth-order valence-electron chi connectivity index (χ4n) is 2.05. The van der Waals surface area contributed by atoms with Crippen molar-refractivity contribution in [1.82, 2.24) is 4.98 Å². The van der Waals surface area contributed by atoms with Crippen molar-refractivity contribution >= 4 is 17.3 Å². The van der Waals surface area contributed by atoms with Crippen molar-refractivity contribution < 1.29 is 9.90 Å². The van der Waals surface area contributed by atoms with Gasteiger partial charge in [0, 0.05) is 6.42 Å². The zero-order chi connectivity index (χ0) is 14.7. The van der Waals surface area contributed by atoms with E-state index in [1.165, 1.54) is 16.9 Å². The highest BCUT2D eigenvalue weighted by atomic mass is 32.1. The normalized spacial score (nSPS) is 11.0. The summed E-state index contributed by atoms with van der Waals surface area (Å²) in [6, 6.07) is 8.27. The molecule has 0 unspecified atom stereocenters. The van der Waals surface area contributed by atoms with Crippen LogP contribution in [0.2, 0.25) is 0 Å². The molecule has 0 saturated heterocycles. The third-order valence-electron chi connectivity index (χ3n) is 3.01. The minimum absolute atomic E-state index is 0.390. The molecule has 1 heterocycles. The van der Waals surface area contributed by atoms with Crippen LogP contribution in [0.3, 0.4) is 0 Å². The average Bonchev–Trinajstić information content (AvgIpc) is 2.74. The molecule has 20 heavy (non-hydrogen) atoms. The van der Waals surface area contributed by atoms with E-state index >= 15 is 0 Å². The third kappa shape index (κ3) is 3.67. The van der Waals surface area contributed by atoms with Crippen LogP contribution in [-0.2, 0) is 12.8 Å². The van der Waals surface area contributed by atoms with E-state index in [1.807, 2.05) is 0 Å². The molecule has 0 fully saturated rings. The van der Waals surface area contributed by atoms with Crippen LogP contribution in [0.1, 0.15) is 45.3 Å². The van der Waals surface area contributed by atoms with Crippen molar-refractivity contribution in [2.75, 3.05) is 0 Å². The second kappa shape index (κ2) is 6.18. The molecule has 0 aliphatic heterocycles. The first-order valence-electron chi connectivity index (χ1n) is 6.73. The topological polar surface area (TPSA) is 50.2 Å². The summed E-state index contributed by atoms with van der Waals surface area (Å²) in [6.07, 6.45) is 1.41. The highest BCUT2D eigenvalue weighted by molar-refractivity contribution is 7.13. The number of carboxylic acid groups (broad SMARTS) is 1. The van der Waals surface area contributed by atoms with Gasteiger partial charge in [-0.25, -0.2) is 9.78 Å². The number of hydrogen-bond acceptors (Lipinski definition) is 3. The van der Waals surface area contributed by atoms with Gasteiger partial charge in [-0.1, -0.05) is 43.7 Å². The lowest BCUT2D eigenvalue weighted by Gasteiger charge is -2.01. The number of carbonyl (C=O) groups is 1. The Labute approximate surface area is 123 Å². The van der Waals surface area contributed by atoms with E-state index in [0.717, 1.165) is 16.3 Å². The van der Waals surface area contributed by atoms with Crippen LogP contribution in [0.15, 0.2) is 24.3 Å². The number of rotatable bonds is 5. The minimum Gasteiger partial charge on any atom is -0.477 e. The Kier molecular flexibility index (Phi) is 4.55. The van der Waals surface area contributed by atoms with Gasteiger partial charge in [0.15, 0.2) is 0 Å². The van der Waals surface area contributed by atoms with E-state index in [1.54, 1.807) is 0 Å². The lowest BCUT2D eigenvalue weighted by Crippen LogP contribution is -2.02. The summed E-state index contributed by atoms with van der Waals surface area (Å²) in [6.45, 7) is 6.20. The van der Waals surface area contributed by atoms with Gasteiger partial charge in [-0.3, -0.25) is 0 Å². The van der Waals surface area contributed by atoms with E-state index in [-0.39, 0.29) is 0 Å². The number of nitrogens with zero attached hydrogens (tertiary/aromatic N) is 1. The standard InChI is InChI=1S/C16H19NO2S/c1-10(2)8-13-15(16(18)19)20-14(17-13)9-12-6-4-11(3)5-7-12/h4-7,10H,8-9H2,1-3H3,(H,18,19). The molecule has 3 nitrogen and oxygen atoms in total. The van der Waals surface area contributed by atoms with Gasteiger partial charge in [-0.05, 0) is 24.8 Å². The van der Waals surface area contributed by atoms with Crippen LogP contribution in [0.25, 0.3) is 0 Å². The van der Waals surface area contributed by atoms with Crippen molar-refractivity contribution in [2.45, 2.75) is 33.6 Å². The lowest BCUT2D eigenvalue weighted by molar-refractivity contribution is 0.0700. The van der Waals surface area contributed by atoms with Crippen LogP contribution < -0.4 is 0 Å². The first-order valence-corrected chi connectivity index (χ1v) is 7.54. The van der Waals surface area contributed by atoms with Crippen LogP contribution in [0.4, 0.5) is 0 Å². The summed E-state index contributed by atoms with van der Waals surface area (Å²) in [5.74, 6) is -0.462. The molecule has 1 aromatic heterocycles. The molecule has 0 aliphatic rings. The summed E-state index contributed by atoms with van der Waals surface area (Å²) >= 11 is 1.30. The van der Waals surface area contributed by atoms with Gasteiger partial charge in [0.1, 0.15) is 4.88 Å². The zero-order valence-corrected chi connectivity index (χ0v) is 12.8. The molecule has 0 saturated carbocycles. The van der Waals surface area contributed by atoms with E-state index in [2.05, 4.69) is 50.0 Å². The van der Waals surface area contributed by atoms with E-state index < -0.39 is 5.97 Å². The Hall–Kier alpha value is -1.68. The summed E-state index contributed by atoms with van der Waals surface area (Å²) in [4.78, 5) is 16.2. The molecule has 2 aromatic rings. The van der Waals surface area contributed by atoms with Gasteiger partial charge in [0.2, 0.25) is 0 Å². The minimum atomic E-state index is -0.867. The molecular formula is C16H19NO2S. The van der Waals surface area contributed by atoms with Crippen molar-refractivity contribution in [1.29, 1.82) is 0 Å². The largest absolute Gasteiger partial charge is 0.477 e. The van der Waals surface area contributed by atoms with Gasteiger partial charge in [0.25, 0.3) is 0 Å². The fourth-order valence-corrected chi connectivity index (χ4v) is 3.01. The van der Waals surface area contributed by atoms with Crippen molar-refractivity contribution in [3.8, 4) is 0 Å².